The van der Waals surface area contributed by atoms with Gasteiger partial charge in [-0.1, -0.05) is 24.3 Å². The van der Waals surface area contributed by atoms with E-state index in [2.05, 4.69) is 5.32 Å². The van der Waals surface area contributed by atoms with Gasteiger partial charge in [0, 0.05) is 6.42 Å². The van der Waals surface area contributed by atoms with Crippen LogP contribution in [0.2, 0.25) is 0 Å². The number of aryl methyl sites for hydroxylation is 1. The Bertz CT molecular complexity index is 741. The molecule has 2 saturated heterocycles. The Balaban J connectivity index is 1.75. The number of carbonyl (C=O) groups excluding carboxylic acids is 4. The fourth-order valence-electron chi connectivity index (χ4n) is 3.92. The van der Waals surface area contributed by atoms with Crippen molar-refractivity contribution in [1.82, 2.24) is 10.2 Å². The number of carbonyl (C=O) groups is 4. The molecule has 6 heteroatoms. The van der Waals surface area contributed by atoms with E-state index in [1.54, 1.807) is 0 Å². The third-order valence-corrected chi connectivity index (χ3v) is 4.96. The molecule has 1 aromatic carbocycles. The molecule has 4 amide bonds. The van der Waals surface area contributed by atoms with Gasteiger partial charge in [-0.2, -0.15) is 0 Å². The lowest BCUT2D eigenvalue weighted by molar-refractivity contribution is -0.146. The maximum Gasteiger partial charge on any atom is 0.250 e. The smallest absolute Gasteiger partial charge is 0.250 e. The third kappa shape index (κ3) is 1.55. The summed E-state index contributed by atoms with van der Waals surface area (Å²) in [4.78, 5) is 49.6. The maximum absolute atomic E-state index is 13.0. The molecule has 2 unspecified atom stereocenters. The maximum atomic E-state index is 13.0. The van der Waals surface area contributed by atoms with Gasteiger partial charge in [-0.3, -0.25) is 29.4 Å². The summed E-state index contributed by atoms with van der Waals surface area (Å²) >= 11 is 0. The average molecular weight is 298 g/mol. The molecular formula is C16H14N2O4. The predicted octanol–water partition coefficient (Wildman–Crippen LogP) is 0.0446. The van der Waals surface area contributed by atoms with Gasteiger partial charge in [-0.05, 0) is 24.0 Å². The minimum absolute atomic E-state index is 0.0841. The van der Waals surface area contributed by atoms with Gasteiger partial charge in [0.15, 0.2) is 0 Å². The highest BCUT2D eigenvalue weighted by Gasteiger charge is 2.58. The highest BCUT2D eigenvalue weighted by molar-refractivity contribution is 6.15. The van der Waals surface area contributed by atoms with Gasteiger partial charge in [0.2, 0.25) is 23.6 Å². The molecular weight excluding hydrogens is 284 g/mol. The van der Waals surface area contributed by atoms with E-state index in [4.69, 9.17) is 0 Å². The van der Waals surface area contributed by atoms with E-state index in [0.29, 0.717) is 6.42 Å². The molecule has 2 atom stereocenters. The lowest BCUT2D eigenvalue weighted by atomic mass is 9.80. The zero-order valence-corrected chi connectivity index (χ0v) is 11.8. The van der Waals surface area contributed by atoms with Crippen LogP contribution >= 0.6 is 0 Å². The second kappa shape index (κ2) is 4.25. The summed E-state index contributed by atoms with van der Waals surface area (Å²) in [6.45, 7) is 0. The minimum Gasteiger partial charge on any atom is -0.295 e. The molecule has 1 aromatic rings. The summed E-state index contributed by atoms with van der Waals surface area (Å²) < 4.78 is 0. The molecule has 1 aliphatic carbocycles. The number of hydrogen-bond acceptors (Lipinski definition) is 4. The number of nitrogens with one attached hydrogen (secondary N) is 1. The third-order valence-electron chi connectivity index (χ3n) is 4.96. The fourth-order valence-corrected chi connectivity index (χ4v) is 3.92. The van der Waals surface area contributed by atoms with Gasteiger partial charge in [0.25, 0.3) is 0 Å². The van der Waals surface area contributed by atoms with Crippen molar-refractivity contribution in [1.29, 1.82) is 0 Å². The van der Waals surface area contributed by atoms with E-state index in [1.165, 1.54) is 0 Å². The first-order chi connectivity index (χ1) is 10.5. The van der Waals surface area contributed by atoms with Gasteiger partial charge in [-0.25, -0.2) is 0 Å². The van der Waals surface area contributed by atoms with Crippen molar-refractivity contribution in [2.24, 2.45) is 0 Å². The molecule has 0 radical (unpaired) electrons. The molecule has 6 nitrogen and oxygen atoms in total. The van der Waals surface area contributed by atoms with E-state index >= 15 is 0 Å². The van der Waals surface area contributed by atoms with E-state index in [1.807, 2.05) is 24.3 Å². The molecule has 2 heterocycles. The highest BCUT2D eigenvalue weighted by atomic mass is 16.2. The topological polar surface area (TPSA) is 83.6 Å². The number of imide groups is 2. The summed E-state index contributed by atoms with van der Waals surface area (Å²) in [7, 11) is 0. The number of rotatable bonds is 1. The Hall–Kier alpha value is -2.50. The molecule has 2 aliphatic heterocycles. The van der Waals surface area contributed by atoms with E-state index in [-0.39, 0.29) is 24.7 Å². The molecule has 3 aliphatic rings. The first kappa shape index (κ1) is 13.2. The SMILES string of the molecule is O=C1CC(N2C(=O)CC3(CCc4ccccc43)C2=O)C(=O)N1. The van der Waals surface area contributed by atoms with Crippen LogP contribution in [0.25, 0.3) is 0 Å². The Morgan fingerprint density at radius 2 is 1.91 bits per heavy atom. The molecule has 0 saturated carbocycles. The van der Waals surface area contributed by atoms with E-state index in [0.717, 1.165) is 22.4 Å². The zero-order chi connectivity index (χ0) is 15.5. The van der Waals surface area contributed by atoms with Crippen LogP contribution in [0.3, 0.4) is 0 Å². The van der Waals surface area contributed by atoms with Crippen molar-refractivity contribution in [3.8, 4) is 0 Å². The van der Waals surface area contributed by atoms with E-state index < -0.39 is 23.3 Å². The lowest BCUT2D eigenvalue weighted by Crippen LogP contribution is -2.46. The van der Waals surface area contributed by atoms with Crippen molar-refractivity contribution in [2.75, 3.05) is 0 Å². The van der Waals surface area contributed by atoms with Gasteiger partial charge in [0.05, 0.1) is 11.8 Å². The summed E-state index contributed by atoms with van der Waals surface area (Å²) in [5.41, 5.74) is 1.12. The fraction of sp³-hybridized carbons (Fsp3) is 0.375. The van der Waals surface area contributed by atoms with Crippen LogP contribution in [0, 0.1) is 0 Å². The first-order valence-corrected chi connectivity index (χ1v) is 7.31. The minimum atomic E-state index is -0.986. The monoisotopic (exact) mass is 298 g/mol. The van der Waals surface area contributed by atoms with Gasteiger partial charge >= 0.3 is 0 Å². The molecule has 0 bridgehead atoms. The number of nitrogens with zero attached hydrogens (tertiary/aromatic N) is 1. The Morgan fingerprint density at radius 1 is 1.14 bits per heavy atom. The number of hydrogen-bond donors (Lipinski definition) is 1. The second-order valence-electron chi connectivity index (χ2n) is 6.12. The quantitative estimate of drug-likeness (QED) is 0.742. The highest BCUT2D eigenvalue weighted by Crippen LogP contribution is 2.47. The standard InChI is InChI=1S/C16H14N2O4/c19-12-7-11(14(21)17-12)18-13(20)8-16(15(18)22)6-5-9-3-1-2-4-10(9)16/h1-4,11H,5-8H2,(H,17,19,21). The van der Waals surface area contributed by atoms with Crippen LogP contribution in [0.1, 0.15) is 30.4 Å². The van der Waals surface area contributed by atoms with Crippen molar-refractivity contribution < 1.29 is 19.2 Å². The average Bonchev–Trinajstić information content (AvgIpc) is 3.09. The van der Waals surface area contributed by atoms with E-state index in [9.17, 15) is 19.2 Å². The van der Waals surface area contributed by atoms with Crippen molar-refractivity contribution in [2.45, 2.75) is 37.1 Å². The van der Waals surface area contributed by atoms with Crippen LogP contribution in [-0.2, 0) is 31.0 Å². The lowest BCUT2D eigenvalue weighted by Gasteiger charge is -2.24. The van der Waals surface area contributed by atoms with Crippen LogP contribution in [0.5, 0.6) is 0 Å². The Labute approximate surface area is 126 Å². The number of benzene rings is 1. The van der Waals surface area contributed by atoms with Crippen molar-refractivity contribution in [3.63, 3.8) is 0 Å². The molecule has 112 valence electrons. The zero-order valence-electron chi connectivity index (χ0n) is 11.8. The summed E-state index contributed by atoms with van der Waals surface area (Å²) in [5.74, 6) is -1.70. The summed E-state index contributed by atoms with van der Waals surface area (Å²) in [6.07, 6.45) is 1.28. The van der Waals surface area contributed by atoms with Crippen molar-refractivity contribution in [3.05, 3.63) is 35.4 Å². The van der Waals surface area contributed by atoms with Crippen LogP contribution < -0.4 is 5.32 Å². The van der Waals surface area contributed by atoms with Crippen molar-refractivity contribution >= 4 is 23.6 Å². The Morgan fingerprint density at radius 3 is 2.64 bits per heavy atom. The normalized spacial score (nSPS) is 30.4. The molecule has 4 rings (SSSR count). The van der Waals surface area contributed by atoms with Crippen LogP contribution in [0.4, 0.5) is 0 Å². The number of amides is 4. The molecule has 22 heavy (non-hydrogen) atoms. The summed E-state index contributed by atoms with van der Waals surface area (Å²) in [6, 6.07) is 6.64. The summed E-state index contributed by atoms with van der Waals surface area (Å²) in [5, 5.41) is 2.16. The second-order valence-corrected chi connectivity index (χ2v) is 6.12. The number of likely N-dealkylation sites (tertiary alicyclic amines) is 1. The molecule has 0 aromatic heterocycles. The molecule has 1 N–H and O–H groups in total. The number of fused-ring (bicyclic) bond motifs is 2. The predicted molar refractivity (Wildman–Crippen MR) is 74.5 cm³/mol. The van der Waals surface area contributed by atoms with Gasteiger partial charge < -0.3 is 0 Å². The largest absolute Gasteiger partial charge is 0.295 e. The first-order valence-electron chi connectivity index (χ1n) is 7.31. The Kier molecular flexibility index (Phi) is 2.55. The van der Waals surface area contributed by atoms with Gasteiger partial charge in [0.1, 0.15) is 6.04 Å². The molecule has 2 fully saturated rings. The molecule has 1 spiro atoms. The van der Waals surface area contributed by atoms with Crippen LogP contribution in [-0.4, -0.2) is 34.6 Å². The van der Waals surface area contributed by atoms with Gasteiger partial charge in [-0.15, -0.1) is 0 Å². The van der Waals surface area contributed by atoms with Crippen LogP contribution in [0.15, 0.2) is 24.3 Å².